The van der Waals surface area contributed by atoms with Crippen LogP contribution in [0.25, 0.3) is 0 Å². The molecule has 0 radical (unpaired) electrons. The summed E-state index contributed by atoms with van der Waals surface area (Å²) in [5.74, 6) is -0.408. The maximum atomic E-state index is 13.5. The van der Waals surface area contributed by atoms with Gasteiger partial charge in [-0.15, -0.1) is 0 Å². The Labute approximate surface area is 195 Å². The van der Waals surface area contributed by atoms with Crippen molar-refractivity contribution < 1.29 is 13.2 Å². The predicted octanol–water partition coefficient (Wildman–Crippen LogP) is 5.61. The predicted molar refractivity (Wildman–Crippen MR) is 131 cm³/mol. The number of carbonyl (C=O) groups is 1. The molecule has 0 aliphatic rings. The highest BCUT2D eigenvalue weighted by Gasteiger charge is 2.28. The summed E-state index contributed by atoms with van der Waals surface area (Å²) in [5, 5.41) is 3.46. The standard InChI is InChI=1S/C25H27ClN2O3S/c1-4-19-10-9-11-20(5-2)25(19)27-24(29)17-28(23-15-14-21(26)16-18(23)3)32(30,31)22-12-7-6-8-13-22/h6-16H,4-5,17H2,1-3H3,(H,27,29). The molecule has 0 spiro atoms. The molecule has 0 aromatic heterocycles. The molecule has 5 nitrogen and oxygen atoms in total. The van der Waals surface area contributed by atoms with Crippen LogP contribution in [0.5, 0.6) is 0 Å². The van der Waals surface area contributed by atoms with E-state index in [4.69, 9.17) is 11.6 Å². The van der Waals surface area contributed by atoms with E-state index in [9.17, 15) is 13.2 Å². The van der Waals surface area contributed by atoms with E-state index in [1.165, 1.54) is 12.1 Å². The number of sulfonamides is 1. The minimum absolute atomic E-state index is 0.116. The van der Waals surface area contributed by atoms with E-state index in [1.807, 2.05) is 32.0 Å². The van der Waals surface area contributed by atoms with E-state index in [2.05, 4.69) is 5.32 Å². The molecule has 0 aliphatic carbocycles. The number of halogens is 1. The van der Waals surface area contributed by atoms with E-state index in [0.29, 0.717) is 16.3 Å². The molecule has 168 valence electrons. The maximum Gasteiger partial charge on any atom is 0.264 e. The van der Waals surface area contributed by atoms with Crippen molar-refractivity contribution in [3.05, 3.63) is 88.4 Å². The second kappa shape index (κ2) is 10.2. The highest BCUT2D eigenvalue weighted by atomic mass is 35.5. The van der Waals surface area contributed by atoms with Crippen LogP contribution in [0.2, 0.25) is 5.02 Å². The van der Waals surface area contributed by atoms with Gasteiger partial charge in [0.15, 0.2) is 0 Å². The van der Waals surface area contributed by atoms with Gasteiger partial charge in [-0.25, -0.2) is 8.42 Å². The number of aryl methyl sites for hydroxylation is 3. The maximum absolute atomic E-state index is 13.5. The quantitative estimate of drug-likeness (QED) is 0.465. The molecule has 3 aromatic rings. The van der Waals surface area contributed by atoms with Crippen LogP contribution in [0.4, 0.5) is 11.4 Å². The zero-order valence-corrected chi connectivity index (χ0v) is 20.0. The fourth-order valence-electron chi connectivity index (χ4n) is 3.63. The first-order chi connectivity index (χ1) is 15.3. The molecule has 0 saturated heterocycles. The number of benzene rings is 3. The number of anilines is 2. The van der Waals surface area contributed by atoms with Crippen LogP contribution in [-0.2, 0) is 27.7 Å². The molecule has 3 aromatic carbocycles. The van der Waals surface area contributed by atoms with Crippen LogP contribution in [0, 0.1) is 6.92 Å². The lowest BCUT2D eigenvalue weighted by molar-refractivity contribution is -0.114. The number of hydrogen-bond donors (Lipinski definition) is 1. The van der Waals surface area contributed by atoms with Crippen molar-refractivity contribution in [1.82, 2.24) is 0 Å². The van der Waals surface area contributed by atoms with Crippen LogP contribution >= 0.6 is 11.6 Å². The first-order valence-electron chi connectivity index (χ1n) is 10.5. The minimum Gasteiger partial charge on any atom is -0.324 e. The van der Waals surface area contributed by atoms with E-state index >= 15 is 0 Å². The number of rotatable bonds is 8. The normalized spacial score (nSPS) is 11.2. The van der Waals surface area contributed by atoms with Crippen molar-refractivity contribution in [2.45, 2.75) is 38.5 Å². The van der Waals surface area contributed by atoms with Gasteiger partial charge in [-0.05, 0) is 66.8 Å². The number of hydrogen-bond acceptors (Lipinski definition) is 3. The summed E-state index contributed by atoms with van der Waals surface area (Å²) >= 11 is 6.09. The van der Waals surface area contributed by atoms with Gasteiger partial charge in [-0.2, -0.15) is 0 Å². The Bertz CT molecular complexity index is 1190. The lowest BCUT2D eigenvalue weighted by Gasteiger charge is -2.26. The molecule has 7 heteroatoms. The number of nitrogens with zero attached hydrogens (tertiary/aromatic N) is 1. The third-order valence-corrected chi connectivity index (χ3v) is 7.32. The minimum atomic E-state index is -3.98. The van der Waals surface area contributed by atoms with Gasteiger partial charge in [-0.1, -0.05) is 61.8 Å². The van der Waals surface area contributed by atoms with Gasteiger partial charge in [0.1, 0.15) is 6.54 Å². The number of nitrogens with one attached hydrogen (secondary N) is 1. The average molecular weight is 471 g/mol. The highest BCUT2D eigenvalue weighted by molar-refractivity contribution is 7.92. The van der Waals surface area contributed by atoms with Gasteiger partial charge in [0.05, 0.1) is 10.6 Å². The van der Waals surface area contributed by atoms with Crippen molar-refractivity contribution >= 4 is 38.9 Å². The Morgan fingerprint density at radius 3 is 2.12 bits per heavy atom. The molecule has 0 bridgehead atoms. The van der Waals surface area contributed by atoms with Crippen LogP contribution < -0.4 is 9.62 Å². The zero-order chi connectivity index (χ0) is 23.3. The first kappa shape index (κ1) is 23.8. The van der Waals surface area contributed by atoms with Crippen molar-refractivity contribution in [2.75, 3.05) is 16.2 Å². The van der Waals surface area contributed by atoms with E-state index in [0.717, 1.165) is 34.0 Å². The van der Waals surface area contributed by atoms with Crippen LogP contribution in [0.15, 0.2) is 71.6 Å². The molecular formula is C25H27ClN2O3S. The Kier molecular flexibility index (Phi) is 7.59. The monoisotopic (exact) mass is 470 g/mol. The molecule has 1 N–H and O–H groups in total. The number of amides is 1. The number of para-hydroxylation sites is 1. The van der Waals surface area contributed by atoms with Gasteiger partial charge in [0.2, 0.25) is 5.91 Å². The molecule has 1 amide bonds. The Hall–Kier alpha value is -2.83. The molecule has 0 heterocycles. The third-order valence-electron chi connectivity index (χ3n) is 5.31. The van der Waals surface area contributed by atoms with Crippen molar-refractivity contribution in [3.8, 4) is 0 Å². The molecule has 32 heavy (non-hydrogen) atoms. The Balaban J connectivity index is 2.01. The summed E-state index contributed by atoms with van der Waals surface area (Å²) < 4.78 is 28.2. The summed E-state index contributed by atoms with van der Waals surface area (Å²) in [6, 6.07) is 18.9. The zero-order valence-electron chi connectivity index (χ0n) is 18.4. The smallest absolute Gasteiger partial charge is 0.264 e. The van der Waals surface area contributed by atoms with Crippen molar-refractivity contribution in [3.63, 3.8) is 0 Å². The highest BCUT2D eigenvalue weighted by Crippen LogP contribution is 2.29. The fourth-order valence-corrected chi connectivity index (χ4v) is 5.36. The van der Waals surface area contributed by atoms with Crippen molar-refractivity contribution in [1.29, 1.82) is 0 Å². The van der Waals surface area contributed by atoms with Crippen LogP contribution in [0.1, 0.15) is 30.5 Å². The lowest BCUT2D eigenvalue weighted by atomic mass is 10.0. The summed E-state index contributed by atoms with van der Waals surface area (Å²) in [4.78, 5) is 13.3. The largest absolute Gasteiger partial charge is 0.324 e. The van der Waals surface area contributed by atoms with E-state index in [-0.39, 0.29) is 11.4 Å². The van der Waals surface area contributed by atoms with Gasteiger partial charge >= 0.3 is 0 Å². The SMILES string of the molecule is CCc1cccc(CC)c1NC(=O)CN(c1ccc(Cl)cc1C)S(=O)(=O)c1ccccc1. The Morgan fingerprint density at radius 1 is 0.938 bits per heavy atom. The van der Waals surface area contributed by atoms with Gasteiger partial charge < -0.3 is 5.32 Å². The first-order valence-corrected chi connectivity index (χ1v) is 12.3. The fraction of sp³-hybridized carbons (Fsp3) is 0.240. The molecule has 3 rings (SSSR count). The summed E-state index contributed by atoms with van der Waals surface area (Å²) in [6.07, 6.45) is 1.51. The molecular weight excluding hydrogens is 444 g/mol. The summed E-state index contributed by atoms with van der Waals surface area (Å²) in [7, 11) is -3.98. The molecule has 0 unspecified atom stereocenters. The van der Waals surface area contributed by atoms with E-state index in [1.54, 1.807) is 43.3 Å². The van der Waals surface area contributed by atoms with E-state index < -0.39 is 15.9 Å². The molecule has 0 atom stereocenters. The molecule has 0 aliphatic heterocycles. The summed E-state index contributed by atoms with van der Waals surface area (Å²) in [6.45, 7) is 5.45. The molecule has 0 saturated carbocycles. The van der Waals surface area contributed by atoms with Gasteiger partial charge in [0, 0.05) is 10.7 Å². The second-order valence-electron chi connectivity index (χ2n) is 7.46. The van der Waals surface area contributed by atoms with Gasteiger partial charge in [0.25, 0.3) is 10.0 Å². The van der Waals surface area contributed by atoms with Gasteiger partial charge in [-0.3, -0.25) is 9.10 Å². The Morgan fingerprint density at radius 2 is 1.56 bits per heavy atom. The lowest BCUT2D eigenvalue weighted by Crippen LogP contribution is -2.38. The average Bonchev–Trinajstić information content (AvgIpc) is 2.78. The topological polar surface area (TPSA) is 66.5 Å². The molecule has 0 fully saturated rings. The number of carbonyl (C=O) groups excluding carboxylic acids is 1. The third kappa shape index (κ3) is 5.14. The van der Waals surface area contributed by atoms with Crippen molar-refractivity contribution in [2.24, 2.45) is 0 Å². The summed E-state index contributed by atoms with van der Waals surface area (Å²) in [5.41, 5.74) is 3.85. The second-order valence-corrected chi connectivity index (χ2v) is 9.76. The van der Waals surface area contributed by atoms with Crippen LogP contribution in [0.3, 0.4) is 0 Å². The van der Waals surface area contributed by atoms with Crippen LogP contribution in [-0.4, -0.2) is 20.9 Å².